The molecule has 5 unspecified atom stereocenters. The van der Waals surface area contributed by atoms with E-state index < -0.39 is 0 Å². The van der Waals surface area contributed by atoms with E-state index in [0.29, 0.717) is 10.8 Å². The van der Waals surface area contributed by atoms with Crippen LogP contribution in [0.1, 0.15) is 112 Å². The zero-order valence-corrected chi connectivity index (χ0v) is 19.4. The number of allylic oxidation sites excluding steroid dienone is 2. The first kappa shape index (κ1) is 21.0. The maximum atomic E-state index is 10.2. The topological polar surface area (TPSA) is 20.2 Å². The lowest BCUT2D eigenvalue weighted by Crippen LogP contribution is -2.48. The number of rotatable bonds is 5. The van der Waals surface area contributed by atoms with Crippen molar-refractivity contribution in [3.05, 3.63) is 11.1 Å². The van der Waals surface area contributed by atoms with Crippen molar-refractivity contribution in [1.29, 1.82) is 0 Å². The Morgan fingerprint density at radius 1 is 0.964 bits per heavy atom. The van der Waals surface area contributed by atoms with Crippen molar-refractivity contribution in [1.82, 2.24) is 0 Å². The molecule has 1 heteroatoms. The van der Waals surface area contributed by atoms with Crippen LogP contribution in [0, 0.1) is 40.4 Å². The van der Waals surface area contributed by atoms with Gasteiger partial charge in [-0.15, -0.1) is 0 Å². The van der Waals surface area contributed by atoms with E-state index in [-0.39, 0.29) is 6.10 Å². The van der Waals surface area contributed by atoms with E-state index in [1.807, 2.05) is 11.1 Å². The van der Waals surface area contributed by atoms with Gasteiger partial charge in [0.05, 0.1) is 6.10 Å². The van der Waals surface area contributed by atoms with Crippen LogP contribution in [0.25, 0.3) is 0 Å². The van der Waals surface area contributed by atoms with Crippen molar-refractivity contribution in [2.75, 3.05) is 0 Å². The number of fused-ring (bicyclic) bond motifs is 4. The highest BCUT2D eigenvalue weighted by molar-refractivity contribution is 5.34. The SMILES string of the molecule is CC(C)CCCC(C)C1CCC2=C3CC[C@H]4C[C@@H](O)CCC4(C)C3CCC21C. The molecule has 0 saturated heterocycles. The molecule has 4 aliphatic carbocycles. The molecule has 1 nitrogen and oxygen atoms in total. The Kier molecular flexibility index (Phi) is 5.80. The van der Waals surface area contributed by atoms with Crippen LogP contribution >= 0.6 is 0 Å². The summed E-state index contributed by atoms with van der Waals surface area (Å²) in [4.78, 5) is 0. The van der Waals surface area contributed by atoms with Gasteiger partial charge in [0.2, 0.25) is 0 Å². The van der Waals surface area contributed by atoms with Gasteiger partial charge in [0, 0.05) is 0 Å². The first-order valence-corrected chi connectivity index (χ1v) is 12.7. The molecule has 0 bridgehead atoms. The van der Waals surface area contributed by atoms with Gasteiger partial charge in [-0.25, -0.2) is 0 Å². The van der Waals surface area contributed by atoms with Gasteiger partial charge < -0.3 is 5.11 Å². The Balaban J connectivity index is 1.53. The normalized spacial score (nSPS) is 44.2. The maximum absolute atomic E-state index is 10.2. The highest BCUT2D eigenvalue weighted by Gasteiger charge is 2.55. The number of hydrogen-bond acceptors (Lipinski definition) is 1. The largest absolute Gasteiger partial charge is 0.393 e. The first-order valence-electron chi connectivity index (χ1n) is 12.7. The Morgan fingerprint density at radius 2 is 1.75 bits per heavy atom. The summed E-state index contributed by atoms with van der Waals surface area (Å²) in [5, 5.41) is 10.2. The monoisotopic (exact) mass is 386 g/mol. The third-order valence-corrected chi connectivity index (χ3v) is 10.2. The second-order valence-corrected chi connectivity index (χ2v) is 12.1. The molecular formula is C27H46O. The lowest BCUT2D eigenvalue weighted by molar-refractivity contribution is -0.0381. The van der Waals surface area contributed by atoms with Gasteiger partial charge in [0.1, 0.15) is 0 Å². The second-order valence-electron chi connectivity index (χ2n) is 12.1. The quantitative estimate of drug-likeness (QED) is 0.484. The fraction of sp³-hybridized carbons (Fsp3) is 0.926. The van der Waals surface area contributed by atoms with Crippen LogP contribution in [0.3, 0.4) is 0 Å². The van der Waals surface area contributed by atoms with Crippen LogP contribution in [0.5, 0.6) is 0 Å². The fourth-order valence-corrected chi connectivity index (χ4v) is 8.47. The second kappa shape index (κ2) is 7.75. The van der Waals surface area contributed by atoms with Crippen molar-refractivity contribution in [3.63, 3.8) is 0 Å². The number of aliphatic hydroxyl groups excluding tert-OH is 1. The Labute approximate surface area is 174 Å². The molecular weight excluding hydrogens is 340 g/mol. The van der Waals surface area contributed by atoms with Gasteiger partial charge in [-0.3, -0.25) is 0 Å². The lowest BCUT2D eigenvalue weighted by Gasteiger charge is -2.56. The molecule has 28 heavy (non-hydrogen) atoms. The van der Waals surface area contributed by atoms with E-state index in [4.69, 9.17) is 0 Å². The predicted molar refractivity (Wildman–Crippen MR) is 119 cm³/mol. The van der Waals surface area contributed by atoms with Crippen LogP contribution in [0.15, 0.2) is 11.1 Å². The van der Waals surface area contributed by atoms with E-state index in [2.05, 4.69) is 34.6 Å². The standard InChI is InChI=1S/C27H46O/c1-18(2)7-6-8-19(3)23-11-12-24-22-10-9-20-17-21(28)13-15-26(20,4)25(22)14-16-27(23,24)5/h18-21,23,25,28H,6-17H2,1-5H3/t19?,20-,21-,23?,25?,26?,27?/m0/s1. The van der Waals surface area contributed by atoms with Gasteiger partial charge in [-0.05, 0) is 98.2 Å². The Hall–Kier alpha value is -0.300. The molecule has 160 valence electrons. The number of hydrogen-bond donors (Lipinski definition) is 1. The van der Waals surface area contributed by atoms with Gasteiger partial charge in [0.15, 0.2) is 0 Å². The Bertz CT molecular complexity index is 603. The summed E-state index contributed by atoms with van der Waals surface area (Å²) in [5.41, 5.74) is 4.82. The summed E-state index contributed by atoms with van der Waals surface area (Å²) in [6.07, 6.45) is 16.0. The molecule has 0 heterocycles. The fourth-order valence-electron chi connectivity index (χ4n) is 8.47. The van der Waals surface area contributed by atoms with Crippen molar-refractivity contribution >= 4 is 0 Å². The lowest BCUT2D eigenvalue weighted by atomic mass is 9.49. The van der Waals surface area contributed by atoms with E-state index in [1.54, 1.807) is 0 Å². The molecule has 3 fully saturated rings. The summed E-state index contributed by atoms with van der Waals surface area (Å²) in [5.74, 6) is 4.25. The highest BCUT2D eigenvalue weighted by atomic mass is 16.3. The molecule has 7 atom stereocenters. The Morgan fingerprint density at radius 3 is 2.50 bits per heavy atom. The maximum Gasteiger partial charge on any atom is 0.0543 e. The number of aliphatic hydroxyl groups is 1. The third-order valence-electron chi connectivity index (χ3n) is 10.2. The van der Waals surface area contributed by atoms with Gasteiger partial charge in [-0.2, -0.15) is 0 Å². The van der Waals surface area contributed by atoms with E-state index >= 15 is 0 Å². The molecule has 4 rings (SSSR count). The molecule has 1 N–H and O–H groups in total. The molecule has 0 aromatic heterocycles. The van der Waals surface area contributed by atoms with Crippen molar-refractivity contribution in [2.24, 2.45) is 40.4 Å². The van der Waals surface area contributed by atoms with Crippen LogP contribution in [0.4, 0.5) is 0 Å². The molecule has 4 aliphatic rings. The molecule has 0 radical (unpaired) electrons. The van der Waals surface area contributed by atoms with Gasteiger partial charge in [-0.1, -0.05) is 65.0 Å². The molecule has 0 aliphatic heterocycles. The minimum Gasteiger partial charge on any atom is -0.393 e. The van der Waals surface area contributed by atoms with Crippen LogP contribution in [0.2, 0.25) is 0 Å². The molecule has 0 spiro atoms. The highest BCUT2D eigenvalue weighted by Crippen LogP contribution is 2.65. The minimum absolute atomic E-state index is 0.0244. The predicted octanol–water partition coefficient (Wildman–Crippen LogP) is 7.53. The van der Waals surface area contributed by atoms with E-state index in [9.17, 15) is 5.11 Å². The van der Waals surface area contributed by atoms with Gasteiger partial charge in [0.25, 0.3) is 0 Å². The smallest absolute Gasteiger partial charge is 0.0543 e. The average Bonchev–Trinajstić information content (AvgIpc) is 2.99. The van der Waals surface area contributed by atoms with Crippen LogP contribution in [-0.4, -0.2) is 11.2 Å². The minimum atomic E-state index is -0.0244. The van der Waals surface area contributed by atoms with Crippen molar-refractivity contribution < 1.29 is 5.11 Å². The zero-order valence-electron chi connectivity index (χ0n) is 19.4. The first-order chi connectivity index (χ1) is 13.3. The average molecular weight is 387 g/mol. The van der Waals surface area contributed by atoms with Gasteiger partial charge >= 0.3 is 0 Å². The van der Waals surface area contributed by atoms with E-state index in [1.165, 1.54) is 64.2 Å². The third kappa shape index (κ3) is 3.42. The van der Waals surface area contributed by atoms with Crippen molar-refractivity contribution in [3.8, 4) is 0 Å². The van der Waals surface area contributed by atoms with Crippen LogP contribution < -0.4 is 0 Å². The summed E-state index contributed by atoms with van der Waals surface area (Å²) < 4.78 is 0. The zero-order chi connectivity index (χ0) is 20.1. The molecule has 3 saturated carbocycles. The molecule has 0 aromatic carbocycles. The summed E-state index contributed by atoms with van der Waals surface area (Å²) in [7, 11) is 0. The van der Waals surface area contributed by atoms with E-state index in [0.717, 1.165) is 42.4 Å². The molecule has 0 amide bonds. The van der Waals surface area contributed by atoms with Crippen LogP contribution in [-0.2, 0) is 0 Å². The summed E-state index contributed by atoms with van der Waals surface area (Å²) in [6.45, 7) is 12.6. The van der Waals surface area contributed by atoms with Crippen molar-refractivity contribution in [2.45, 2.75) is 118 Å². The summed E-state index contributed by atoms with van der Waals surface area (Å²) in [6, 6.07) is 0. The summed E-state index contributed by atoms with van der Waals surface area (Å²) >= 11 is 0. The molecule has 0 aromatic rings.